The molecule has 0 spiro atoms. The molecule has 0 aromatic heterocycles. The fraction of sp³-hybridized carbons (Fsp3) is 0.500. The fourth-order valence-corrected chi connectivity index (χ4v) is 4.98. The highest BCUT2D eigenvalue weighted by molar-refractivity contribution is 6.33. The van der Waals surface area contributed by atoms with Gasteiger partial charge in [-0.1, -0.05) is 41.9 Å². The monoisotopic (exact) mass is 398 g/mol. The van der Waals surface area contributed by atoms with Crippen molar-refractivity contribution in [1.82, 2.24) is 0 Å². The van der Waals surface area contributed by atoms with E-state index in [4.69, 9.17) is 21.1 Å². The van der Waals surface area contributed by atoms with Crippen molar-refractivity contribution in [3.8, 4) is 5.75 Å². The maximum absolute atomic E-state index is 10.3. The summed E-state index contributed by atoms with van der Waals surface area (Å²) in [7, 11) is 0. The van der Waals surface area contributed by atoms with Crippen molar-refractivity contribution < 1.29 is 14.6 Å². The van der Waals surface area contributed by atoms with Crippen LogP contribution in [0.1, 0.15) is 72.4 Å². The van der Waals surface area contributed by atoms with E-state index in [0.717, 1.165) is 46.2 Å². The molecular weight excluding hydrogens is 372 g/mol. The van der Waals surface area contributed by atoms with Gasteiger partial charge in [0.2, 0.25) is 0 Å². The van der Waals surface area contributed by atoms with Crippen LogP contribution in [0.25, 0.3) is 0 Å². The Morgan fingerprint density at radius 3 is 2.64 bits per heavy atom. The third-order valence-corrected chi connectivity index (χ3v) is 6.70. The second-order valence-electron chi connectivity index (χ2n) is 8.60. The van der Waals surface area contributed by atoms with Crippen molar-refractivity contribution in [1.29, 1.82) is 0 Å². The standard InChI is InChI=1S/C24H27ClO3/c1-14-10-19(26)13-22(28-14)21-12-18(23(25)24-20(21)8-9-27-24)11-15-2-4-16(5-3-15)17-6-7-17/h2-5,12,14,17,19,22,26H,6-11,13H2,1H3. The van der Waals surface area contributed by atoms with Crippen molar-refractivity contribution in [2.24, 2.45) is 0 Å². The summed E-state index contributed by atoms with van der Waals surface area (Å²) in [6.07, 6.45) is 5.24. The molecule has 28 heavy (non-hydrogen) atoms. The molecule has 2 aromatic rings. The molecule has 148 valence electrons. The Kier molecular flexibility index (Phi) is 4.86. The van der Waals surface area contributed by atoms with Gasteiger partial charge in [-0.15, -0.1) is 0 Å². The van der Waals surface area contributed by atoms with Crippen LogP contribution in [0.3, 0.4) is 0 Å². The number of ether oxygens (including phenoxy) is 2. The van der Waals surface area contributed by atoms with E-state index < -0.39 is 0 Å². The Balaban J connectivity index is 1.47. The van der Waals surface area contributed by atoms with E-state index in [1.54, 1.807) is 0 Å². The van der Waals surface area contributed by atoms with E-state index in [0.29, 0.717) is 19.4 Å². The maximum Gasteiger partial charge on any atom is 0.141 e. The number of halogens is 1. The second-order valence-corrected chi connectivity index (χ2v) is 8.98. The molecule has 0 bridgehead atoms. The van der Waals surface area contributed by atoms with Gasteiger partial charge >= 0.3 is 0 Å². The topological polar surface area (TPSA) is 38.7 Å². The molecule has 5 rings (SSSR count). The zero-order valence-corrected chi connectivity index (χ0v) is 17.0. The molecule has 1 saturated heterocycles. The van der Waals surface area contributed by atoms with Gasteiger partial charge in [0.05, 0.1) is 29.9 Å². The predicted octanol–water partition coefficient (Wildman–Crippen LogP) is 5.34. The van der Waals surface area contributed by atoms with Crippen molar-refractivity contribution in [2.45, 2.75) is 69.7 Å². The molecule has 0 amide bonds. The molecular formula is C24H27ClO3. The minimum absolute atomic E-state index is 0.0563. The maximum atomic E-state index is 10.3. The van der Waals surface area contributed by atoms with Crippen LogP contribution in [0, 0.1) is 0 Å². The van der Waals surface area contributed by atoms with Crippen LogP contribution >= 0.6 is 11.6 Å². The Hall–Kier alpha value is -1.55. The molecule has 1 N–H and O–H groups in total. The molecule has 2 aliphatic heterocycles. The lowest BCUT2D eigenvalue weighted by Gasteiger charge is -2.33. The molecule has 3 nitrogen and oxygen atoms in total. The molecule has 3 atom stereocenters. The van der Waals surface area contributed by atoms with E-state index in [1.165, 1.54) is 24.0 Å². The number of benzene rings is 2. The number of rotatable bonds is 4. The lowest BCUT2D eigenvalue weighted by Crippen LogP contribution is -2.29. The Morgan fingerprint density at radius 1 is 1.14 bits per heavy atom. The minimum Gasteiger partial charge on any atom is -0.491 e. The highest BCUT2D eigenvalue weighted by atomic mass is 35.5. The number of aliphatic hydroxyl groups is 1. The summed E-state index contributed by atoms with van der Waals surface area (Å²) in [6.45, 7) is 2.69. The molecule has 2 heterocycles. The van der Waals surface area contributed by atoms with Crippen LogP contribution < -0.4 is 4.74 Å². The van der Waals surface area contributed by atoms with Gasteiger partial charge in [0.1, 0.15) is 5.75 Å². The largest absolute Gasteiger partial charge is 0.491 e. The number of hydrogen-bond donors (Lipinski definition) is 1. The number of aliphatic hydroxyl groups excluding tert-OH is 1. The predicted molar refractivity (Wildman–Crippen MR) is 110 cm³/mol. The van der Waals surface area contributed by atoms with Gasteiger partial charge in [0.25, 0.3) is 0 Å². The summed E-state index contributed by atoms with van der Waals surface area (Å²) in [5, 5.41) is 11.0. The average Bonchev–Trinajstić information content (AvgIpc) is 3.40. The summed E-state index contributed by atoms with van der Waals surface area (Å²) in [4.78, 5) is 0. The molecule has 2 aromatic carbocycles. The SMILES string of the molecule is CC1CC(O)CC(c2cc(Cc3ccc(C4CC4)cc3)c(Cl)c3c2CCO3)O1. The molecule has 4 heteroatoms. The normalized spacial score (nSPS) is 26.8. The van der Waals surface area contributed by atoms with Crippen molar-refractivity contribution in [2.75, 3.05) is 6.61 Å². The van der Waals surface area contributed by atoms with E-state index in [2.05, 4.69) is 30.3 Å². The van der Waals surface area contributed by atoms with Gasteiger partial charge in [-0.05, 0) is 60.8 Å². The lowest BCUT2D eigenvalue weighted by atomic mass is 9.90. The first kappa shape index (κ1) is 18.5. The average molecular weight is 399 g/mol. The van der Waals surface area contributed by atoms with Crippen LogP contribution in [-0.4, -0.2) is 23.9 Å². The summed E-state index contributed by atoms with van der Waals surface area (Å²) in [5.41, 5.74) is 6.09. The molecule has 1 aliphatic carbocycles. The molecule has 1 saturated carbocycles. The van der Waals surface area contributed by atoms with Crippen molar-refractivity contribution in [3.05, 3.63) is 63.2 Å². The van der Waals surface area contributed by atoms with Crippen LogP contribution in [0.2, 0.25) is 5.02 Å². The molecule has 2 fully saturated rings. The van der Waals surface area contributed by atoms with E-state index in [-0.39, 0.29) is 18.3 Å². The summed E-state index contributed by atoms with van der Waals surface area (Å²) >= 11 is 6.75. The quantitative estimate of drug-likeness (QED) is 0.755. The third kappa shape index (κ3) is 3.56. The lowest BCUT2D eigenvalue weighted by molar-refractivity contribution is -0.0898. The first-order valence-electron chi connectivity index (χ1n) is 10.5. The van der Waals surface area contributed by atoms with E-state index >= 15 is 0 Å². The van der Waals surface area contributed by atoms with Crippen molar-refractivity contribution >= 4 is 11.6 Å². The molecule has 3 aliphatic rings. The Bertz CT molecular complexity index is 862. The van der Waals surface area contributed by atoms with Crippen LogP contribution in [0.4, 0.5) is 0 Å². The van der Waals surface area contributed by atoms with Crippen LogP contribution in [0.15, 0.2) is 30.3 Å². The highest BCUT2D eigenvalue weighted by Crippen LogP contribution is 2.45. The van der Waals surface area contributed by atoms with Gasteiger partial charge in [-0.3, -0.25) is 0 Å². The smallest absolute Gasteiger partial charge is 0.141 e. The zero-order valence-electron chi connectivity index (χ0n) is 16.3. The van der Waals surface area contributed by atoms with E-state index in [1.807, 2.05) is 6.92 Å². The Labute approximate surface area is 171 Å². The van der Waals surface area contributed by atoms with Gasteiger partial charge in [0, 0.05) is 18.4 Å². The second kappa shape index (κ2) is 7.37. The summed E-state index contributed by atoms with van der Waals surface area (Å²) in [5.74, 6) is 1.59. The zero-order chi connectivity index (χ0) is 19.3. The minimum atomic E-state index is -0.319. The van der Waals surface area contributed by atoms with Crippen molar-refractivity contribution in [3.63, 3.8) is 0 Å². The summed E-state index contributed by atoms with van der Waals surface area (Å²) < 4.78 is 12.1. The third-order valence-electron chi connectivity index (χ3n) is 6.29. The highest BCUT2D eigenvalue weighted by Gasteiger charge is 2.32. The molecule has 0 radical (unpaired) electrons. The first-order valence-corrected chi connectivity index (χ1v) is 10.9. The van der Waals surface area contributed by atoms with Gasteiger partial charge in [0.15, 0.2) is 0 Å². The van der Waals surface area contributed by atoms with Gasteiger partial charge in [-0.25, -0.2) is 0 Å². The number of hydrogen-bond acceptors (Lipinski definition) is 3. The van der Waals surface area contributed by atoms with Crippen LogP contribution in [0.5, 0.6) is 5.75 Å². The van der Waals surface area contributed by atoms with Gasteiger partial charge in [-0.2, -0.15) is 0 Å². The fourth-order valence-electron chi connectivity index (χ4n) is 4.69. The van der Waals surface area contributed by atoms with Crippen LogP contribution in [-0.2, 0) is 17.6 Å². The first-order chi connectivity index (χ1) is 13.6. The molecule has 3 unspecified atom stereocenters. The summed E-state index contributed by atoms with van der Waals surface area (Å²) in [6, 6.07) is 11.2. The van der Waals surface area contributed by atoms with E-state index in [9.17, 15) is 5.11 Å². The van der Waals surface area contributed by atoms with Gasteiger partial charge < -0.3 is 14.6 Å². The Morgan fingerprint density at radius 2 is 1.93 bits per heavy atom. The number of fused-ring (bicyclic) bond motifs is 1.